The molecule has 0 fully saturated rings. The van der Waals surface area contributed by atoms with Gasteiger partial charge < -0.3 is 4.74 Å². The lowest BCUT2D eigenvalue weighted by Gasteiger charge is -2.25. The second-order valence-electron chi connectivity index (χ2n) is 6.36. The van der Waals surface area contributed by atoms with E-state index in [2.05, 4.69) is 0 Å². The van der Waals surface area contributed by atoms with E-state index in [4.69, 9.17) is 4.74 Å². The van der Waals surface area contributed by atoms with Gasteiger partial charge in [-0.1, -0.05) is 42.5 Å². The predicted octanol–water partition coefficient (Wildman–Crippen LogP) is 4.79. The molecule has 148 valence electrons. The van der Waals surface area contributed by atoms with Gasteiger partial charge in [-0.15, -0.1) is 0 Å². The molecule has 0 amide bonds. The van der Waals surface area contributed by atoms with Crippen molar-refractivity contribution in [3.8, 4) is 0 Å². The van der Waals surface area contributed by atoms with Crippen LogP contribution in [0.5, 0.6) is 0 Å². The first-order chi connectivity index (χ1) is 13.1. The number of Topliss-reactive ketones (excluding diaryl/α,β-unsaturated/α-hetero) is 2. The van der Waals surface area contributed by atoms with Gasteiger partial charge in [0.1, 0.15) is 11.9 Å². The summed E-state index contributed by atoms with van der Waals surface area (Å²) in [5, 5.41) is 0. The van der Waals surface area contributed by atoms with Gasteiger partial charge in [0.15, 0.2) is 5.78 Å². The van der Waals surface area contributed by atoms with Gasteiger partial charge in [-0.25, -0.2) is 0 Å². The largest absolute Gasteiger partial charge is 0.457 e. The lowest BCUT2D eigenvalue weighted by molar-refractivity contribution is -0.151. The van der Waals surface area contributed by atoms with Crippen LogP contribution >= 0.6 is 0 Å². The highest BCUT2D eigenvalue weighted by molar-refractivity contribution is 5.98. The summed E-state index contributed by atoms with van der Waals surface area (Å²) in [5.74, 6) is -2.46. The summed E-state index contributed by atoms with van der Waals surface area (Å²) in [7, 11) is 0. The van der Waals surface area contributed by atoms with Crippen molar-refractivity contribution < 1.29 is 32.3 Å². The number of carbonyl (C=O) groups is 3. The number of ether oxygens (including phenoxy) is 1. The number of halogens is 3. The van der Waals surface area contributed by atoms with E-state index in [-0.39, 0.29) is 17.8 Å². The van der Waals surface area contributed by atoms with Crippen molar-refractivity contribution in [1.82, 2.24) is 0 Å². The topological polar surface area (TPSA) is 60.4 Å². The maximum Gasteiger partial charge on any atom is 0.416 e. The Balaban J connectivity index is 2.35. The Morgan fingerprint density at radius 3 is 1.96 bits per heavy atom. The van der Waals surface area contributed by atoms with Crippen LogP contribution in [-0.4, -0.2) is 17.5 Å². The molecule has 0 saturated carbocycles. The third-order valence-electron chi connectivity index (χ3n) is 4.25. The van der Waals surface area contributed by atoms with Crippen molar-refractivity contribution in [2.24, 2.45) is 5.92 Å². The number of rotatable bonds is 7. The van der Waals surface area contributed by atoms with E-state index in [0.717, 1.165) is 31.2 Å². The quantitative estimate of drug-likeness (QED) is 0.502. The molecule has 0 saturated heterocycles. The Hall–Kier alpha value is -2.96. The molecule has 4 nitrogen and oxygen atoms in total. The van der Waals surface area contributed by atoms with Gasteiger partial charge in [0, 0.05) is 18.9 Å². The number of hydrogen-bond donors (Lipinski definition) is 0. The normalized spacial score (nSPS) is 13.5. The molecule has 2 aromatic carbocycles. The summed E-state index contributed by atoms with van der Waals surface area (Å²) < 4.78 is 43.6. The molecule has 0 aliphatic heterocycles. The molecule has 0 radical (unpaired) electrons. The van der Waals surface area contributed by atoms with Gasteiger partial charge in [0.25, 0.3) is 0 Å². The summed E-state index contributed by atoms with van der Waals surface area (Å²) in [4.78, 5) is 36.3. The van der Waals surface area contributed by atoms with Crippen molar-refractivity contribution in [3.63, 3.8) is 0 Å². The number of benzene rings is 2. The van der Waals surface area contributed by atoms with E-state index in [1.165, 1.54) is 6.92 Å². The van der Waals surface area contributed by atoms with Crippen LogP contribution in [0.4, 0.5) is 13.2 Å². The molecular weight excluding hydrogens is 373 g/mol. The molecule has 28 heavy (non-hydrogen) atoms. The maximum absolute atomic E-state index is 12.8. The first-order valence-corrected chi connectivity index (χ1v) is 8.52. The Bertz CT molecular complexity index is 842. The zero-order valence-corrected chi connectivity index (χ0v) is 15.3. The highest BCUT2D eigenvalue weighted by Crippen LogP contribution is 2.34. The van der Waals surface area contributed by atoms with E-state index in [0.29, 0.717) is 5.56 Å². The van der Waals surface area contributed by atoms with Gasteiger partial charge in [-0.05, 0) is 24.6 Å². The highest BCUT2D eigenvalue weighted by atomic mass is 19.4. The van der Waals surface area contributed by atoms with Crippen molar-refractivity contribution in [2.45, 2.75) is 32.5 Å². The summed E-state index contributed by atoms with van der Waals surface area (Å²) in [5.41, 5.74) is -0.260. The number of ketones is 2. The van der Waals surface area contributed by atoms with Crippen molar-refractivity contribution >= 4 is 17.5 Å². The molecule has 0 spiro atoms. The Kier molecular flexibility index (Phi) is 6.72. The standard InChI is InChI=1S/C21H19F3O4/c1-13(25)18(12-19(27)15-6-4-3-5-7-15)20(28-14(2)26)16-8-10-17(11-9-16)21(22,23)24/h3-11,18,20H,12H2,1-2H3. The molecule has 0 aromatic heterocycles. The van der Waals surface area contributed by atoms with E-state index in [9.17, 15) is 27.6 Å². The maximum atomic E-state index is 12.8. The zero-order valence-electron chi connectivity index (χ0n) is 15.3. The van der Waals surface area contributed by atoms with Crippen molar-refractivity contribution in [2.75, 3.05) is 0 Å². The second kappa shape index (κ2) is 8.82. The van der Waals surface area contributed by atoms with Crippen LogP contribution in [0.25, 0.3) is 0 Å². The summed E-state index contributed by atoms with van der Waals surface area (Å²) in [6, 6.07) is 12.3. The fourth-order valence-electron chi connectivity index (χ4n) is 2.83. The summed E-state index contributed by atoms with van der Waals surface area (Å²) >= 11 is 0. The molecule has 0 heterocycles. The van der Waals surface area contributed by atoms with Crippen LogP contribution in [0.1, 0.15) is 47.9 Å². The molecule has 0 aliphatic rings. The molecule has 2 atom stereocenters. The number of esters is 1. The first-order valence-electron chi connectivity index (χ1n) is 8.52. The minimum absolute atomic E-state index is 0.212. The Morgan fingerprint density at radius 1 is 0.929 bits per heavy atom. The van der Waals surface area contributed by atoms with Crippen LogP contribution in [0.15, 0.2) is 54.6 Å². The fraction of sp³-hybridized carbons (Fsp3) is 0.286. The van der Waals surface area contributed by atoms with Gasteiger partial charge in [0.2, 0.25) is 0 Å². The molecule has 0 N–H and O–H groups in total. The molecule has 7 heteroatoms. The van der Waals surface area contributed by atoms with E-state index in [1.54, 1.807) is 30.3 Å². The summed E-state index contributed by atoms with van der Waals surface area (Å²) in [6.45, 7) is 2.39. The minimum atomic E-state index is -4.52. The van der Waals surface area contributed by atoms with Crippen LogP contribution in [0.2, 0.25) is 0 Å². The lowest BCUT2D eigenvalue weighted by atomic mass is 9.86. The van der Waals surface area contributed by atoms with Gasteiger partial charge in [-0.3, -0.25) is 14.4 Å². The predicted molar refractivity (Wildman–Crippen MR) is 95.5 cm³/mol. The van der Waals surface area contributed by atoms with Crippen LogP contribution in [0, 0.1) is 5.92 Å². The minimum Gasteiger partial charge on any atom is -0.457 e. The van der Waals surface area contributed by atoms with Crippen LogP contribution in [-0.2, 0) is 20.5 Å². The molecule has 0 aliphatic carbocycles. The Labute approximate surface area is 160 Å². The van der Waals surface area contributed by atoms with Gasteiger partial charge in [-0.2, -0.15) is 13.2 Å². The molecule has 2 rings (SSSR count). The van der Waals surface area contributed by atoms with Gasteiger partial charge in [0.05, 0.1) is 11.5 Å². The summed E-state index contributed by atoms with van der Waals surface area (Å²) in [6.07, 6.45) is -5.92. The average Bonchev–Trinajstić information content (AvgIpc) is 2.64. The highest BCUT2D eigenvalue weighted by Gasteiger charge is 2.34. The van der Waals surface area contributed by atoms with Crippen molar-refractivity contribution in [1.29, 1.82) is 0 Å². The fourth-order valence-corrected chi connectivity index (χ4v) is 2.83. The molecule has 2 unspecified atom stereocenters. The SMILES string of the molecule is CC(=O)OC(c1ccc(C(F)(F)F)cc1)C(CC(=O)c1ccccc1)C(C)=O. The second-order valence-corrected chi connectivity index (χ2v) is 6.36. The Morgan fingerprint density at radius 2 is 1.50 bits per heavy atom. The van der Waals surface area contributed by atoms with Crippen molar-refractivity contribution in [3.05, 3.63) is 71.3 Å². The third-order valence-corrected chi connectivity index (χ3v) is 4.25. The first kappa shape index (κ1) is 21.3. The van der Waals surface area contributed by atoms with Gasteiger partial charge >= 0.3 is 12.1 Å². The number of carbonyl (C=O) groups excluding carboxylic acids is 3. The lowest BCUT2D eigenvalue weighted by Crippen LogP contribution is -2.27. The van der Waals surface area contributed by atoms with E-state index < -0.39 is 35.5 Å². The average molecular weight is 392 g/mol. The van der Waals surface area contributed by atoms with Crippen LogP contribution < -0.4 is 0 Å². The van der Waals surface area contributed by atoms with Crippen LogP contribution in [0.3, 0.4) is 0 Å². The molecule has 0 bridgehead atoms. The number of alkyl halides is 3. The smallest absolute Gasteiger partial charge is 0.416 e. The third kappa shape index (κ3) is 5.52. The molecular formula is C21H19F3O4. The number of hydrogen-bond acceptors (Lipinski definition) is 4. The monoisotopic (exact) mass is 392 g/mol. The molecule has 2 aromatic rings. The zero-order chi connectivity index (χ0) is 20.9. The van der Waals surface area contributed by atoms with E-state index >= 15 is 0 Å². The van der Waals surface area contributed by atoms with E-state index in [1.807, 2.05) is 0 Å².